The summed E-state index contributed by atoms with van der Waals surface area (Å²) < 4.78 is 4.73. The Morgan fingerprint density at radius 3 is 2.32 bits per heavy atom. The lowest BCUT2D eigenvalue weighted by Crippen LogP contribution is -2.34. The molecule has 8 heteroatoms. The van der Waals surface area contributed by atoms with E-state index in [1.807, 2.05) is 0 Å². The fourth-order valence-corrected chi connectivity index (χ4v) is 2.84. The number of carbonyl (C=O) groups is 3. The van der Waals surface area contributed by atoms with Gasteiger partial charge in [-0.3, -0.25) is 4.79 Å². The Hall–Kier alpha value is -2.77. The number of hydrogen-bond acceptors (Lipinski definition) is 5. The zero-order chi connectivity index (χ0) is 18.1. The van der Waals surface area contributed by atoms with E-state index in [0.29, 0.717) is 10.7 Å². The number of para-hydroxylation sites is 1. The van der Waals surface area contributed by atoms with E-state index >= 15 is 0 Å². The minimum absolute atomic E-state index is 0.131. The average molecular weight is 375 g/mol. The van der Waals surface area contributed by atoms with Gasteiger partial charge >= 0.3 is 12.0 Å². The summed E-state index contributed by atoms with van der Waals surface area (Å²) in [6.45, 7) is 0. The van der Waals surface area contributed by atoms with Crippen molar-refractivity contribution >= 4 is 58.1 Å². The highest BCUT2D eigenvalue weighted by Crippen LogP contribution is 2.30. The molecule has 1 heterocycles. The molecule has 0 aromatic heterocycles. The lowest BCUT2D eigenvalue weighted by Gasteiger charge is -2.18. The van der Waals surface area contributed by atoms with Crippen molar-refractivity contribution in [2.45, 2.75) is 0 Å². The Morgan fingerprint density at radius 2 is 1.68 bits per heavy atom. The number of imide groups is 1. The van der Waals surface area contributed by atoms with Gasteiger partial charge in [0.25, 0.3) is 5.91 Å². The van der Waals surface area contributed by atoms with Crippen LogP contribution in [0.1, 0.15) is 10.4 Å². The van der Waals surface area contributed by atoms with Gasteiger partial charge in [0, 0.05) is 5.02 Å². The van der Waals surface area contributed by atoms with Gasteiger partial charge < -0.3 is 4.74 Å². The number of carbonyl (C=O) groups excluding carboxylic acids is 3. The smallest absolute Gasteiger partial charge is 0.341 e. The maximum Gasteiger partial charge on any atom is 0.341 e. The number of esters is 1. The lowest BCUT2D eigenvalue weighted by atomic mass is 10.1. The predicted octanol–water partition coefficient (Wildman–Crippen LogP) is 3.43. The molecule has 0 spiro atoms. The molecule has 0 aliphatic carbocycles. The molecule has 2 aromatic carbocycles. The molecular formula is C17H11ClN2O4S. The third kappa shape index (κ3) is 2.88. The van der Waals surface area contributed by atoms with Gasteiger partial charge in [-0.05, 0) is 36.4 Å². The molecule has 126 valence electrons. The first-order valence-electron chi connectivity index (χ1n) is 7.11. The molecule has 0 radical (unpaired) electrons. The van der Waals surface area contributed by atoms with E-state index in [9.17, 15) is 14.4 Å². The van der Waals surface area contributed by atoms with Crippen molar-refractivity contribution in [1.82, 2.24) is 0 Å². The van der Waals surface area contributed by atoms with Gasteiger partial charge in [0.05, 0.1) is 24.0 Å². The molecule has 0 bridgehead atoms. The first-order valence-corrected chi connectivity index (χ1v) is 7.89. The number of rotatable bonds is 3. The normalized spacial score (nSPS) is 14.2. The maximum atomic E-state index is 12.8. The highest BCUT2D eigenvalue weighted by atomic mass is 35.5. The highest BCUT2D eigenvalue weighted by Gasteiger charge is 2.44. The van der Waals surface area contributed by atoms with Crippen LogP contribution in [0.5, 0.6) is 0 Å². The summed E-state index contributed by atoms with van der Waals surface area (Å²) in [5.41, 5.74) is 0.653. The topological polar surface area (TPSA) is 66.9 Å². The quantitative estimate of drug-likeness (QED) is 0.468. The van der Waals surface area contributed by atoms with E-state index in [4.69, 9.17) is 28.6 Å². The van der Waals surface area contributed by atoms with Crippen LogP contribution in [0.4, 0.5) is 16.2 Å². The molecular weight excluding hydrogens is 364 g/mol. The molecule has 2 aromatic rings. The van der Waals surface area contributed by atoms with E-state index in [1.165, 1.54) is 31.4 Å². The summed E-state index contributed by atoms with van der Waals surface area (Å²) in [5.74, 6) is -1.29. The molecule has 1 aliphatic heterocycles. The second-order valence-electron chi connectivity index (χ2n) is 5.05. The molecule has 6 nitrogen and oxygen atoms in total. The van der Waals surface area contributed by atoms with E-state index in [2.05, 4.69) is 0 Å². The van der Waals surface area contributed by atoms with Gasteiger partial charge in [-0.25, -0.2) is 19.4 Å². The van der Waals surface area contributed by atoms with Crippen LogP contribution in [0.25, 0.3) is 0 Å². The van der Waals surface area contributed by atoms with E-state index < -0.39 is 17.9 Å². The number of methoxy groups -OCH3 is 1. The lowest BCUT2D eigenvalue weighted by molar-refractivity contribution is -0.111. The van der Waals surface area contributed by atoms with Crippen molar-refractivity contribution in [3.63, 3.8) is 0 Å². The second-order valence-corrected chi connectivity index (χ2v) is 5.87. The largest absolute Gasteiger partial charge is 0.465 e. The zero-order valence-corrected chi connectivity index (χ0v) is 14.5. The molecule has 0 saturated carbocycles. The van der Waals surface area contributed by atoms with E-state index in [-0.39, 0.29) is 16.2 Å². The van der Waals surface area contributed by atoms with Gasteiger partial charge in [0.15, 0.2) is 4.99 Å². The van der Waals surface area contributed by atoms with Crippen molar-refractivity contribution < 1.29 is 19.1 Å². The first kappa shape index (κ1) is 17.1. The third-order valence-electron chi connectivity index (χ3n) is 3.61. The zero-order valence-electron chi connectivity index (χ0n) is 12.9. The Bertz CT molecular complexity index is 898. The van der Waals surface area contributed by atoms with E-state index in [1.54, 1.807) is 24.3 Å². The number of thiocarbonyl (C=S) groups is 1. The molecule has 25 heavy (non-hydrogen) atoms. The molecule has 3 rings (SSSR count). The molecule has 0 N–H and O–H groups in total. The average Bonchev–Trinajstić information content (AvgIpc) is 2.84. The molecule has 0 unspecified atom stereocenters. The Labute approximate surface area is 153 Å². The van der Waals surface area contributed by atoms with Crippen LogP contribution in [-0.2, 0) is 9.53 Å². The summed E-state index contributed by atoms with van der Waals surface area (Å²) >= 11 is 11.0. The number of nitrogens with zero attached hydrogens (tertiary/aromatic N) is 2. The summed E-state index contributed by atoms with van der Waals surface area (Å²) in [6.07, 6.45) is 0. The van der Waals surface area contributed by atoms with Gasteiger partial charge in [-0.2, -0.15) is 0 Å². The highest BCUT2D eigenvalue weighted by molar-refractivity contribution is 7.82. The molecule has 1 aliphatic rings. The number of halogens is 1. The monoisotopic (exact) mass is 374 g/mol. The second kappa shape index (κ2) is 6.62. The molecule has 1 saturated heterocycles. The Morgan fingerprint density at radius 1 is 1.04 bits per heavy atom. The predicted molar refractivity (Wildman–Crippen MR) is 97.2 cm³/mol. The Kier molecular flexibility index (Phi) is 4.52. The van der Waals surface area contributed by atoms with Crippen molar-refractivity contribution in [2.24, 2.45) is 0 Å². The fourth-order valence-electron chi connectivity index (χ4n) is 2.45. The van der Waals surface area contributed by atoms with Gasteiger partial charge in [0.2, 0.25) is 0 Å². The number of ether oxygens (including phenoxy) is 1. The minimum atomic E-state index is -0.673. The fraction of sp³-hybridized carbons (Fsp3) is 0.0588. The number of anilines is 2. The summed E-state index contributed by atoms with van der Waals surface area (Å²) in [4.78, 5) is 39.0. The van der Waals surface area contributed by atoms with Crippen LogP contribution in [-0.4, -0.2) is 30.0 Å². The first-order chi connectivity index (χ1) is 12.0. The van der Waals surface area contributed by atoms with Crippen molar-refractivity contribution in [2.75, 3.05) is 16.9 Å². The van der Waals surface area contributed by atoms with E-state index in [0.717, 1.165) is 9.80 Å². The Balaban J connectivity index is 2.06. The van der Waals surface area contributed by atoms with Crippen molar-refractivity contribution in [3.05, 3.63) is 59.1 Å². The van der Waals surface area contributed by atoms with Crippen LogP contribution in [0.15, 0.2) is 48.5 Å². The molecule has 0 atom stereocenters. The van der Waals surface area contributed by atoms with Crippen LogP contribution in [0.3, 0.4) is 0 Å². The number of benzene rings is 2. The third-order valence-corrected chi connectivity index (χ3v) is 4.22. The number of hydrogen-bond donors (Lipinski definition) is 0. The standard InChI is InChI=1S/C17H11ClN2O4S/c1-24-16(22)12-4-2-3-5-13(12)20-15(25)14(21)19(17(20)23)11-8-6-10(18)7-9-11/h2-9H,1H3. The van der Waals surface area contributed by atoms with Crippen LogP contribution in [0, 0.1) is 0 Å². The van der Waals surface area contributed by atoms with Crippen LogP contribution < -0.4 is 9.80 Å². The maximum absolute atomic E-state index is 12.8. The minimum Gasteiger partial charge on any atom is -0.465 e. The van der Waals surface area contributed by atoms with Gasteiger partial charge in [-0.15, -0.1) is 0 Å². The molecule has 1 fully saturated rings. The molecule has 3 amide bonds. The summed E-state index contributed by atoms with van der Waals surface area (Å²) in [6, 6.07) is 11.8. The number of amides is 3. The van der Waals surface area contributed by atoms with Crippen LogP contribution >= 0.6 is 23.8 Å². The summed E-state index contributed by atoms with van der Waals surface area (Å²) in [7, 11) is 1.23. The van der Waals surface area contributed by atoms with Crippen molar-refractivity contribution in [1.29, 1.82) is 0 Å². The van der Waals surface area contributed by atoms with Gasteiger partial charge in [-0.1, -0.05) is 36.0 Å². The number of urea groups is 1. The summed E-state index contributed by atoms with van der Waals surface area (Å²) in [5, 5.41) is 0.471. The van der Waals surface area contributed by atoms with Crippen molar-refractivity contribution in [3.8, 4) is 0 Å². The SMILES string of the molecule is COC(=O)c1ccccc1N1C(=O)N(c2ccc(Cl)cc2)C(=O)C1=S. The van der Waals surface area contributed by atoms with Crippen LogP contribution in [0.2, 0.25) is 5.02 Å². The van der Waals surface area contributed by atoms with Gasteiger partial charge in [0.1, 0.15) is 0 Å².